The van der Waals surface area contributed by atoms with E-state index in [1.165, 1.54) is 0 Å². The van der Waals surface area contributed by atoms with Gasteiger partial charge in [-0.05, 0) is 60.0 Å². The third-order valence-electron chi connectivity index (χ3n) is 4.71. The van der Waals surface area contributed by atoms with E-state index in [-0.39, 0.29) is 0 Å². The zero-order valence-electron chi connectivity index (χ0n) is 16.2. The molecule has 0 amide bonds. The summed E-state index contributed by atoms with van der Waals surface area (Å²) in [5.74, 6) is 1.62. The van der Waals surface area contributed by atoms with Gasteiger partial charge < -0.3 is 9.47 Å². The topological polar surface area (TPSA) is 59.7 Å². The van der Waals surface area contributed by atoms with E-state index in [1.54, 1.807) is 12.4 Å². The maximum absolute atomic E-state index is 4.56. The highest BCUT2D eigenvalue weighted by Gasteiger charge is 2.14. The molecule has 0 saturated carbocycles. The van der Waals surface area contributed by atoms with Crippen molar-refractivity contribution in [3.05, 3.63) is 78.5 Å². The van der Waals surface area contributed by atoms with Gasteiger partial charge in [-0.3, -0.25) is 9.97 Å². The van der Waals surface area contributed by atoms with Gasteiger partial charge in [-0.25, -0.2) is 0 Å². The summed E-state index contributed by atoms with van der Waals surface area (Å²) in [7, 11) is 4.09. The van der Waals surface area contributed by atoms with Crippen LogP contribution in [0.5, 0.6) is 0 Å². The van der Waals surface area contributed by atoms with Gasteiger partial charge in [-0.15, -0.1) is 10.2 Å². The minimum Gasteiger partial charge on any atom is -0.378 e. The maximum atomic E-state index is 4.56. The highest BCUT2D eigenvalue weighted by Crippen LogP contribution is 2.27. The molecule has 4 rings (SSSR count). The van der Waals surface area contributed by atoms with Gasteiger partial charge in [-0.2, -0.15) is 0 Å². The quantitative estimate of drug-likeness (QED) is 0.534. The molecule has 0 fully saturated rings. The molecule has 0 radical (unpaired) electrons. The van der Waals surface area contributed by atoms with Gasteiger partial charge in [0, 0.05) is 38.4 Å². The van der Waals surface area contributed by atoms with Crippen LogP contribution in [0.1, 0.15) is 11.4 Å². The molecule has 0 N–H and O–H groups in total. The summed E-state index contributed by atoms with van der Waals surface area (Å²) < 4.78 is 2.08. The number of rotatable bonds is 5. The van der Waals surface area contributed by atoms with Crippen LogP contribution in [0.4, 0.5) is 5.69 Å². The van der Waals surface area contributed by atoms with Crippen LogP contribution in [0.2, 0.25) is 0 Å². The van der Waals surface area contributed by atoms with Gasteiger partial charge in [0.1, 0.15) is 11.5 Å². The van der Waals surface area contributed by atoms with Crippen LogP contribution in [-0.2, 0) is 6.54 Å². The smallest absolute Gasteiger partial charge is 0.182 e. The Kier molecular flexibility index (Phi) is 4.85. The molecule has 0 aliphatic carbocycles. The normalized spacial score (nSPS) is 10.8. The lowest BCUT2D eigenvalue weighted by atomic mass is 10.0. The van der Waals surface area contributed by atoms with E-state index in [9.17, 15) is 0 Å². The maximum Gasteiger partial charge on any atom is 0.182 e. The summed E-state index contributed by atoms with van der Waals surface area (Å²) in [6, 6.07) is 16.5. The second kappa shape index (κ2) is 7.60. The van der Waals surface area contributed by atoms with Crippen LogP contribution in [0.25, 0.3) is 22.6 Å². The number of nitrogens with zero attached hydrogens (tertiary/aromatic N) is 6. The fourth-order valence-corrected chi connectivity index (χ4v) is 3.13. The largest absolute Gasteiger partial charge is 0.378 e. The highest BCUT2D eigenvalue weighted by atomic mass is 15.3. The monoisotopic (exact) mass is 370 g/mol. The molecule has 28 heavy (non-hydrogen) atoms. The van der Waals surface area contributed by atoms with Gasteiger partial charge in [0.05, 0.1) is 6.54 Å². The van der Waals surface area contributed by atoms with Crippen molar-refractivity contribution in [1.29, 1.82) is 0 Å². The first kappa shape index (κ1) is 17.9. The zero-order valence-corrected chi connectivity index (χ0v) is 16.2. The molecule has 0 unspecified atom stereocenters. The number of hydrogen-bond acceptors (Lipinski definition) is 5. The standard InChI is InChI=1S/C22H22N6/c1-16-25-26-22(28(16)15-17-7-10-23-11-8-17)21-14-19(9-12-24-21)18-5-4-6-20(13-18)27(2)3/h4-14H,15H2,1-3H3. The first-order valence-electron chi connectivity index (χ1n) is 9.15. The Balaban J connectivity index is 1.72. The second-order valence-electron chi connectivity index (χ2n) is 6.89. The number of anilines is 1. The summed E-state index contributed by atoms with van der Waals surface area (Å²) in [5, 5.41) is 8.67. The predicted octanol–water partition coefficient (Wildman–Crippen LogP) is 3.82. The first-order chi connectivity index (χ1) is 13.6. The van der Waals surface area contributed by atoms with Crippen LogP contribution in [0.15, 0.2) is 67.1 Å². The van der Waals surface area contributed by atoms with Crippen molar-refractivity contribution in [3.63, 3.8) is 0 Å². The zero-order chi connectivity index (χ0) is 19.5. The van der Waals surface area contributed by atoms with E-state index in [4.69, 9.17) is 0 Å². The van der Waals surface area contributed by atoms with E-state index in [0.29, 0.717) is 6.54 Å². The molecular weight excluding hydrogens is 348 g/mol. The summed E-state index contributed by atoms with van der Waals surface area (Å²) in [5.41, 5.74) is 5.36. The fourth-order valence-electron chi connectivity index (χ4n) is 3.13. The average Bonchev–Trinajstić information content (AvgIpc) is 3.09. The van der Waals surface area contributed by atoms with Crippen molar-refractivity contribution in [2.24, 2.45) is 0 Å². The summed E-state index contributed by atoms with van der Waals surface area (Å²) in [4.78, 5) is 10.7. The summed E-state index contributed by atoms with van der Waals surface area (Å²) in [6.45, 7) is 2.64. The van der Waals surface area contributed by atoms with Gasteiger partial charge in [0.2, 0.25) is 0 Å². The molecule has 6 heteroatoms. The molecular formula is C22H22N6. The SMILES string of the molecule is Cc1nnc(-c2cc(-c3cccc(N(C)C)c3)ccn2)n1Cc1ccncc1. The van der Waals surface area contributed by atoms with Gasteiger partial charge >= 0.3 is 0 Å². The Morgan fingerprint density at radius 3 is 2.46 bits per heavy atom. The Hall–Kier alpha value is -3.54. The minimum atomic E-state index is 0.679. The summed E-state index contributed by atoms with van der Waals surface area (Å²) >= 11 is 0. The van der Waals surface area contributed by atoms with Crippen LogP contribution >= 0.6 is 0 Å². The predicted molar refractivity (Wildman–Crippen MR) is 111 cm³/mol. The molecule has 0 aliphatic rings. The second-order valence-corrected chi connectivity index (χ2v) is 6.89. The van der Waals surface area contributed by atoms with Crippen LogP contribution < -0.4 is 4.90 Å². The molecule has 3 heterocycles. The highest BCUT2D eigenvalue weighted by molar-refractivity contribution is 5.71. The number of benzene rings is 1. The van der Waals surface area contributed by atoms with E-state index in [1.807, 2.05) is 45.4 Å². The van der Waals surface area contributed by atoms with E-state index >= 15 is 0 Å². The number of pyridine rings is 2. The van der Waals surface area contributed by atoms with Crippen molar-refractivity contribution in [1.82, 2.24) is 24.7 Å². The fraction of sp³-hybridized carbons (Fsp3) is 0.182. The van der Waals surface area contributed by atoms with Gasteiger partial charge in [0.25, 0.3) is 0 Å². The third kappa shape index (κ3) is 3.62. The van der Waals surface area contributed by atoms with Crippen molar-refractivity contribution in [2.75, 3.05) is 19.0 Å². The van der Waals surface area contributed by atoms with Crippen LogP contribution in [0, 0.1) is 6.92 Å². The molecule has 140 valence electrons. The third-order valence-corrected chi connectivity index (χ3v) is 4.71. The lowest BCUT2D eigenvalue weighted by molar-refractivity contribution is 0.765. The molecule has 0 spiro atoms. The van der Waals surface area contributed by atoms with Crippen molar-refractivity contribution >= 4 is 5.69 Å². The molecule has 3 aromatic heterocycles. The lowest BCUT2D eigenvalue weighted by Gasteiger charge is -2.14. The number of aryl methyl sites for hydroxylation is 1. The number of aromatic nitrogens is 5. The van der Waals surface area contributed by atoms with Gasteiger partial charge in [0.15, 0.2) is 5.82 Å². The van der Waals surface area contributed by atoms with E-state index in [0.717, 1.165) is 39.7 Å². The van der Waals surface area contributed by atoms with Crippen molar-refractivity contribution in [2.45, 2.75) is 13.5 Å². The Morgan fingerprint density at radius 1 is 0.893 bits per heavy atom. The summed E-state index contributed by atoms with van der Waals surface area (Å²) in [6.07, 6.45) is 5.42. The molecule has 0 bridgehead atoms. The molecule has 0 aliphatic heterocycles. The van der Waals surface area contributed by atoms with Crippen LogP contribution in [0.3, 0.4) is 0 Å². The van der Waals surface area contributed by atoms with E-state index in [2.05, 4.69) is 60.0 Å². The van der Waals surface area contributed by atoms with Crippen molar-refractivity contribution < 1.29 is 0 Å². The molecule has 0 saturated heterocycles. The Morgan fingerprint density at radius 2 is 1.68 bits per heavy atom. The van der Waals surface area contributed by atoms with Gasteiger partial charge in [-0.1, -0.05) is 12.1 Å². The molecule has 1 aromatic carbocycles. The lowest BCUT2D eigenvalue weighted by Crippen LogP contribution is -2.08. The van der Waals surface area contributed by atoms with E-state index < -0.39 is 0 Å². The average molecular weight is 370 g/mol. The Labute approximate surface area is 164 Å². The molecule has 6 nitrogen and oxygen atoms in total. The number of hydrogen-bond donors (Lipinski definition) is 0. The first-order valence-corrected chi connectivity index (χ1v) is 9.15. The molecule has 4 aromatic rings. The van der Waals surface area contributed by atoms with Crippen molar-refractivity contribution in [3.8, 4) is 22.6 Å². The molecule has 0 atom stereocenters. The Bertz CT molecular complexity index is 1090. The minimum absolute atomic E-state index is 0.679. The van der Waals surface area contributed by atoms with Crippen LogP contribution in [-0.4, -0.2) is 38.8 Å².